The summed E-state index contributed by atoms with van der Waals surface area (Å²) in [6, 6.07) is 20.4. The van der Waals surface area contributed by atoms with E-state index in [1.165, 1.54) is 12.1 Å². The summed E-state index contributed by atoms with van der Waals surface area (Å²) in [4.78, 5) is 15.1. The van der Waals surface area contributed by atoms with E-state index in [-0.39, 0.29) is 6.54 Å². The zero-order chi connectivity index (χ0) is 22.2. The Morgan fingerprint density at radius 3 is 2.41 bits per heavy atom. The van der Waals surface area contributed by atoms with Crippen LogP contribution in [0.4, 0.5) is 19.3 Å². The van der Waals surface area contributed by atoms with Crippen molar-refractivity contribution >= 4 is 23.3 Å². The zero-order valence-corrected chi connectivity index (χ0v) is 17.6. The lowest BCUT2D eigenvalue weighted by Crippen LogP contribution is -2.38. The predicted octanol–water partition coefficient (Wildman–Crippen LogP) is 6.55. The number of aromatic nitrogens is 1. The molecule has 2 heterocycles. The fraction of sp³-hybridized carbons (Fsp3) is 0.0800. The number of halogens is 3. The molecule has 1 atom stereocenters. The number of amides is 2. The summed E-state index contributed by atoms with van der Waals surface area (Å²) in [5, 5.41) is 3.43. The fourth-order valence-corrected chi connectivity index (χ4v) is 4.28. The number of nitrogens with one attached hydrogen (secondary N) is 1. The first-order valence-electron chi connectivity index (χ1n) is 10.0. The largest absolute Gasteiger partial charge is 0.322 e. The second kappa shape index (κ2) is 8.13. The molecule has 0 unspecified atom stereocenters. The van der Waals surface area contributed by atoms with Gasteiger partial charge in [-0.2, -0.15) is 0 Å². The molecule has 32 heavy (non-hydrogen) atoms. The van der Waals surface area contributed by atoms with E-state index in [1.54, 1.807) is 29.2 Å². The van der Waals surface area contributed by atoms with E-state index in [1.807, 2.05) is 47.2 Å². The maximum Gasteiger partial charge on any atom is 0.322 e. The molecule has 0 bridgehead atoms. The van der Waals surface area contributed by atoms with Crippen LogP contribution in [0.5, 0.6) is 0 Å². The monoisotopic (exact) mass is 449 g/mol. The number of fused-ring (bicyclic) bond motifs is 3. The van der Waals surface area contributed by atoms with Crippen LogP contribution in [0.2, 0.25) is 5.02 Å². The first kappa shape index (κ1) is 20.3. The molecule has 2 amide bonds. The van der Waals surface area contributed by atoms with Crippen molar-refractivity contribution in [2.24, 2.45) is 0 Å². The van der Waals surface area contributed by atoms with Gasteiger partial charge in [-0.05, 0) is 65.7 Å². The number of hydrogen-bond donors (Lipinski definition) is 1. The number of anilines is 1. The lowest BCUT2D eigenvalue weighted by atomic mass is 10.0. The van der Waals surface area contributed by atoms with Crippen LogP contribution in [0.25, 0.3) is 5.69 Å². The molecule has 7 heteroatoms. The Bertz CT molecular complexity index is 1280. The molecule has 5 rings (SSSR count). The molecule has 0 radical (unpaired) electrons. The molecule has 1 N–H and O–H groups in total. The predicted molar refractivity (Wildman–Crippen MR) is 120 cm³/mol. The minimum atomic E-state index is -0.713. The Morgan fingerprint density at radius 1 is 0.938 bits per heavy atom. The van der Waals surface area contributed by atoms with Gasteiger partial charge >= 0.3 is 6.03 Å². The SMILES string of the molecule is O=C(Nc1ccc(Cl)cc1)N1Cc2ccccc2-n2cccc2[C@@H]1c1cc(F)cc(F)c1. The third-order valence-electron chi connectivity index (χ3n) is 5.52. The van der Waals surface area contributed by atoms with Gasteiger partial charge in [0, 0.05) is 28.7 Å². The number of nitrogens with zero attached hydrogens (tertiary/aromatic N) is 2. The van der Waals surface area contributed by atoms with Gasteiger partial charge in [0.25, 0.3) is 0 Å². The Kier molecular flexibility index (Phi) is 5.15. The molecular formula is C25H18ClF2N3O. The summed E-state index contributed by atoms with van der Waals surface area (Å²) in [6.07, 6.45) is 1.89. The summed E-state index contributed by atoms with van der Waals surface area (Å²) in [5.74, 6) is -1.39. The summed E-state index contributed by atoms with van der Waals surface area (Å²) in [7, 11) is 0. The van der Waals surface area contributed by atoms with Gasteiger partial charge in [-0.25, -0.2) is 13.6 Å². The van der Waals surface area contributed by atoms with Crippen molar-refractivity contribution in [2.45, 2.75) is 12.6 Å². The van der Waals surface area contributed by atoms with Crippen LogP contribution in [0.1, 0.15) is 22.9 Å². The highest BCUT2D eigenvalue weighted by molar-refractivity contribution is 6.30. The van der Waals surface area contributed by atoms with E-state index in [9.17, 15) is 13.6 Å². The summed E-state index contributed by atoms with van der Waals surface area (Å²) >= 11 is 5.95. The third-order valence-corrected chi connectivity index (χ3v) is 5.77. The first-order chi connectivity index (χ1) is 15.5. The highest BCUT2D eigenvalue weighted by atomic mass is 35.5. The number of urea groups is 1. The van der Waals surface area contributed by atoms with Crippen molar-refractivity contribution in [3.63, 3.8) is 0 Å². The highest BCUT2D eigenvalue weighted by Gasteiger charge is 2.33. The Labute approximate surface area is 188 Å². The van der Waals surface area contributed by atoms with Gasteiger partial charge in [0.05, 0.1) is 18.3 Å². The van der Waals surface area contributed by atoms with Crippen LogP contribution in [-0.4, -0.2) is 15.5 Å². The van der Waals surface area contributed by atoms with Gasteiger partial charge in [-0.3, -0.25) is 0 Å². The van der Waals surface area contributed by atoms with Crippen molar-refractivity contribution in [1.29, 1.82) is 0 Å². The van der Waals surface area contributed by atoms with E-state index in [0.29, 0.717) is 16.3 Å². The molecule has 0 aliphatic carbocycles. The first-order valence-corrected chi connectivity index (χ1v) is 10.4. The number of hydrogen-bond acceptors (Lipinski definition) is 1. The fourth-order valence-electron chi connectivity index (χ4n) is 4.15. The van der Waals surface area contributed by atoms with Crippen molar-refractivity contribution in [3.8, 4) is 5.69 Å². The van der Waals surface area contributed by atoms with Crippen LogP contribution < -0.4 is 5.32 Å². The second-order valence-corrected chi connectivity index (χ2v) is 8.04. The highest BCUT2D eigenvalue weighted by Crippen LogP contribution is 2.37. The van der Waals surface area contributed by atoms with E-state index >= 15 is 0 Å². The van der Waals surface area contributed by atoms with Crippen LogP contribution in [0, 0.1) is 11.6 Å². The maximum absolute atomic E-state index is 14.2. The molecule has 0 fully saturated rings. The van der Waals surface area contributed by atoms with E-state index in [0.717, 1.165) is 23.0 Å². The quantitative estimate of drug-likeness (QED) is 0.370. The van der Waals surface area contributed by atoms with Crippen molar-refractivity contribution in [1.82, 2.24) is 9.47 Å². The molecule has 1 aliphatic rings. The average molecular weight is 450 g/mol. The summed E-state index contributed by atoms with van der Waals surface area (Å²) < 4.78 is 30.3. The van der Waals surface area contributed by atoms with Gasteiger partial charge in [-0.15, -0.1) is 0 Å². The average Bonchev–Trinajstić information content (AvgIpc) is 3.18. The molecule has 3 aromatic carbocycles. The molecule has 160 valence electrons. The van der Waals surface area contributed by atoms with Gasteiger partial charge in [-0.1, -0.05) is 29.8 Å². The van der Waals surface area contributed by atoms with Crippen LogP contribution in [0.15, 0.2) is 85.1 Å². The topological polar surface area (TPSA) is 37.3 Å². The molecule has 0 spiro atoms. The van der Waals surface area contributed by atoms with Crippen LogP contribution in [0.3, 0.4) is 0 Å². The normalized spacial score (nSPS) is 15.0. The molecule has 0 saturated heterocycles. The Hall–Kier alpha value is -3.64. The van der Waals surface area contributed by atoms with E-state index in [4.69, 9.17) is 11.6 Å². The molecule has 0 saturated carbocycles. The van der Waals surface area contributed by atoms with Gasteiger partial charge in [0.1, 0.15) is 11.6 Å². The number of carbonyl (C=O) groups excluding carboxylic acids is 1. The van der Waals surface area contributed by atoms with Gasteiger partial charge < -0.3 is 14.8 Å². The number of carbonyl (C=O) groups is 1. The Morgan fingerprint density at radius 2 is 1.66 bits per heavy atom. The Balaban J connectivity index is 1.65. The van der Waals surface area contributed by atoms with Crippen LogP contribution in [-0.2, 0) is 6.54 Å². The van der Waals surface area contributed by atoms with Crippen molar-refractivity contribution in [3.05, 3.63) is 119 Å². The molecule has 1 aliphatic heterocycles. The van der Waals surface area contributed by atoms with Crippen LogP contribution >= 0.6 is 11.6 Å². The van der Waals surface area contributed by atoms with Gasteiger partial charge in [0.15, 0.2) is 0 Å². The number of rotatable bonds is 2. The lowest BCUT2D eigenvalue weighted by molar-refractivity contribution is 0.194. The lowest BCUT2D eigenvalue weighted by Gasteiger charge is -2.31. The maximum atomic E-state index is 14.2. The van der Waals surface area contributed by atoms with E-state index in [2.05, 4.69) is 5.32 Å². The zero-order valence-electron chi connectivity index (χ0n) is 16.8. The standard InChI is InChI=1S/C25H18ClF2N3O/c26-18-7-9-21(10-8-18)29-25(32)31-15-16-4-1-2-5-22(16)30-11-3-6-23(30)24(31)17-12-19(27)14-20(28)13-17/h1-14,24H,15H2,(H,29,32)/t24-/m0/s1. The number of para-hydroxylation sites is 1. The number of benzene rings is 3. The summed E-state index contributed by atoms with van der Waals surface area (Å²) in [6.45, 7) is 0.250. The second-order valence-electron chi connectivity index (χ2n) is 7.60. The smallest absolute Gasteiger partial charge is 0.318 e. The summed E-state index contributed by atoms with van der Waals surface area (Å²) in [5.41, 5.74) is 3.47. The molecule has 4 aromatic rings. The molecular weight excluding hydrogens is 432 g/mol. The van der Waals surface area contributed by atoms with E-state index < -0.39 is 23.7 Å². The van der Waals surface area contributed by atoms with Gasteiger partial charge in [0.2, 0.25) is 0 Å². The third kappa shape index (κ3) is 3.74. The van der Waals surface area contributed by atoms with Crippen molar-refractivity contribution < 1.29 is 13.6 Å². The minimum Gasteiger partial charge on any atom is -0.318 e. The molecule has 1 aromatic heterocycles. The van der Waals surface area contributed by atoms with Crippen molar-refractivity contribution in [2.75, 3.05) is 5.32 Å². The minimum absolute atomic E-state index is 0.250. The molecule has 4 nitrogen and oxygen atoms in total.